The van der Waals surface area contributed by atoms with E-state index < -0.39 is 74.2 Å². The van der Waals surface area contributed by atoms with Crippen LogP contribution in [0, 0.1) is 0 Å². The highest BCUT2D eigenvalue weighted by Gasteiger charge is 2.44. The van der Waals surface area contributed by atoms with Gasteiger partial charge in [-0.25, -0.2) is 0 Å². The first-order chi connectivity index (χ1) is 39.2. The lowest BCUT2D eigenvalue weighted by molar-refractivity contribution is -0.303. The van der Waals surface area contributed by atoms with Crippen molar-refractivity contribution in [2.24, 2.45) is 0 Å². The summed E-state index contributed by atoms with van der Waals surface area (Å²) < 4.78 is 11.1. The van der Waals surface area contributed by atoms with Gasteiger partial charge in [-0.1, -0.05) is 288 Å². The van der Waals surface area contributed by atoms with Crippen molar-refractivity contribution in [1.82, 2.24) is 5.32 Å². The van der Waals surface area contributed by atoms with E-state index in [2.05, 4.69) is 55.6 Å². The molecule has 1 amide bonds. The Morgan fingerprint density at radius 2 is 0.750 bits per heavy atom. The molecule has 0 radical (unpaired) electrons. The molecule has 9 atom stereocenters. The van der Waals surface area contributed by atoms with Crippen molar-refractivity contribution in [2.45, 2.75) is 384 Å². The molecule has 472 valence electrons. The van der Waals surface area contributed by atoms with Gasteiger partial charge >= 0.3 is 0 Å². The third-order valence-corrected chi connectivity index (χ3v) is 16.6. The Bertz CT molecular complexity index is 1390. The largest absolute Gasteiger partial charge is 0.394 e. The van der Waals surface area contributed by atoms with Crippen LogP contribution in [-0.2, 0) is 14.3 Å². The number of allylic oxidation sites excluding steroid dienone is 6. The molecule has 1 aliphatic heterocycles. The molecule has 8 N–H and O–H groups in total. The third-order valence-electron chi connectivity index (χ3n) is 16.6. The monoisotopic (exact) mass is 1130 g/mol. The molecule has 80 heavy (non-hydrogen) atoms. The molecule has 0 aromatic carbocycles. The van der Waals surface area contributed by atoms with Gasteiger partial charge in [0.1, 0.15) is 36.6 Å². The van der Waals surface area contributed by atoms with E-state index in [4.69, 9.17) is 9.47 Å². The van der Waals surface area contributed by atoms with Crippen molar-refractivity contribution in [3.63, 3.8) is 0 Å². The van der Waals surface area contributed by atoms with Crippen LogP contribution < -0.4 is 5.32 Å². The molecule has 0 bridgehead atoms. The quantitative estimate of drug-likeness (QED) is 0.0215. The summed E-state index contributed by atoms with van der Waals surface area (Å²) in [7, 11) is 0. The second-order valence-electron chi connectivity index (χ2n) is 24.2. The zero-order valence-corrected chi connectivity index (χ0v) is 52.1. The summed E-state index contributed by atoms with van der Waals surface area (Å²) in [6.45, 7) is 3.46. The van der Waals surface area contributed by atoms with Crippen LogP contribution in [0.2, 0.25) is 0 Å². The van der Waals surface area contributed by atoms with Crippen molar-refractivity contribution in [2.75, 3.05) is 13.2 Å². The molecule has 0 aliphatic carbocycles. The maximum absolute atomic E-state index is 13.2. The standard InChI is InChI=1S/C69H131NO10/c1-3-5-7-9-11-13-15-17-19-20-21-22-23-24-25-26-27-28-29-30-31-32-33-34-35-36-37-38-39-40-41-43-45-47-49-51-53-55-57-62(73)68(78)70-60(59-79-69-67(77)66(76)65(75)63(58-71)80-69)64(74)61(72)56-54-52-50-48-46-44-42-18-16-14-12-10-8-6-4-2/h18,30-31,42,48,50,60-67,69,71-77H,3-17,19-29,32-41,43-47,49,51-59H2,1-2H3,(H,70,78)/b31-30-,42-18+,50-48+. The van der Waals surface area contributed by atoms with E-state index in [1.54, 1.807) is 0 Å². The minimum Gasteiger partial charge on any atom is -0.394 e. The van der Waals surface area contributed by atoms with Crippen LogP contribution in [0.3, 0.4) is 0 Å². The lowest BCUT2D eigenvalue weighted by atomic mass is 9.98. The summed E-state index contributed by atoms with van der Waals surface area (Å²) in [5, 5.41) is 76.2. The van der Waals surface area contributed by atoms with Gasteiger partial charge in [-0.2, -0.15) is 0 Å². The van der Waals surface area contributed by atoms with Gasteiger partial charge < -0.3 is 50.5 Å². The number of hydrogen-bond donors (Lipinski definition) is 8. The molecule has 0 aromatic rings. The van der Waals surface area contributed by atoms with Gasteiger partial charge in [-0.05, 0) is 77.0 Å². The SMILES string of the molecule is CCCCCCCC/C=C/CC/C=C/CCCC(O)C(O)C(COC1OC(CO)C(O)C(O)C1O)NC(=O)C(O)CCCCCCCCCCCCCCCCCC/C=C\CCCCCCCCCCCCCCCCCCCC. The average molecular weight is 1130 g/mol. The summed E-state index contributed by atoms with van der Waals surface area (Å²) in [6, 6.07) is -1.19. The third kappa shape index (κ3) is 44.8. The van der Waals surface area contributed by atoms with E-state index >= 15 is 0 Å². The molecule has 1 rings (SSSR count). The van der Waals surface area contributed by atoms with Crippen molar-refractivity contribution in [3.05, 3.63) is 36.5 Å². The predicted octanol–water partition coefficient (Wildman–Crippen LogP) is 16.2. The topological polar surface area (TPSA) is 189 Å². The van der Waals surface area contributed by atoms with Crippen molar-refractivity contribution >= 4 is 5.91 Å². The van der Waals surface area contributed by atoms with E-state index in [1.807, 2.05) is 0 Å². The normalized spacial score (nSPS) is 19.4. The number of carbonyl (C=O) groups is 1. The average Bonchev–Trinajstić information content (AvgIpc) is 3.48. The first-order valence-corrected chi connectivity index (χ1v) is 34.4. The van der Waals surface area contributed by atoms with Gasteiger partial charge in [-0.3, -0.25) is 4.79 Å². The Balaban J connectivity index is 2.12. The van der Waals surface area contributed by atoms with Crippen molar-refractivity contribution < 1.29 is 50.0 Å². The Morgan fingerprint density at radius 1 is 0.425 bits per heavy atom. The molecular weight excluding hydrogens is 1000 g/mol. The Morgan fingerprint density at radius 3 is 1.11 bits per heavy atom. The number of unbranched alkanes of at least 4 members (excludes halogenated alkanes) is 42. The summed E-state index contributed by atoms with van der Waals surface area (Å²) in [4.78, 5) is 13.2. The minimum atomic E-state index is -1.67. The maximum atomic E-state index is 13.2. The molecule has 1 saturated heterocycles. The lowest BCUT2D eigenvalue weighted by Crippen LogP contribution is -2.60. The number of rotatable bonds is 60. The van der Waals surface area contributed by atoms with Crippen molar-refractivity contribution in [3.8, 4) is 0 Å². The van der Waals surface area contributed by atoms with Crippen LogP contribution in [0.1, 0.15) is 328 Å². The van der Waals surface area contributed by atoms with E-state index in [0.717, 1.165) is 38.5 Å². The number of nitrogens with one attached hydrogen (secondary N) is 1. The van der Waals surface area contributed by atoms with Gasteiger partial charge in [0.2, 0.25) is 5.91 Å². The van der Waals surface area contributed by atoms with E-state index in [-0.39, 0.29) is 12.8 Å². The molecule has 9 unspecified atom stereocenters. The Kier molecular flexibility index (Phi) is 55.1. The number of carbonyl (C=O) groups excluding carboxylic acids is 1. The number of hydrogen-bond acceptors (Lipinski definition) is 10. The van der Waals surface area contributed by atoms with Crippen LogP contribution in [0.4, 0.5) is 0 Å². The van der Waals surface area contributed by atoms with Gasteiger partial charge in [0, 0.05) is 0 Å². The van der Waals surface area contributed by atoms with Crippen molar-refractivity contribution in [1.29, 1.82) is 0 Å². The molecular formula is C69H131NO10. The second-order valence-corrected chi connectivity index (χ2v) is 24.2. The highest BCUT2D eigenvalue weighted by Crippen LogP contribution is 2.24. The zero-order valence-electron chi connectivity index (χ0n) is 52.1. The van der Waals surface area contributed by atoms with Gasteiger partial charge in [0.05, 0.1) is 25.4 Å². The van der Waals surface area contributed by atoms with Crippen LogP contribution in [0.15, 0.2) is 36.5 Å². The Hall–Kier alpha value is -1.67. The highest BCUT2D eigenvalue weighted by molar-refractivity contribution is 5.80. The summed E-state index contributed by atoms with van der Waals surface area (Å²) in [5.41, 5.74) is 0. The number of aliphatic hydroxyl groups excluding tert-OH is 7. The zero-order chi connectivity index (χ0) is 58.2. The fraction of sp³-hybridized carbons (Fsp3) is 0.899. The summed E-state index contributed by atoms with van der Waals surface area (Å²) in [6.07, 6.45) is 62.6. The fourth-order valence-electron chi connectivity index (χ4n) is 11.1. The number of amides is 1. The first kappa shape index (κ1) is 76.3. The number of aliphatic hydroxyl groups is 7. The van der Waals surface area contributed by atoms with Gasteiger partial charge in [-0.15, -0.1) is 0 Å². The smallest absolute Gasteiger partial charge is 0.249 e. The fourth-order valence-corrected chi connectivity index (χ4v) is 11.1. The molecule has 0 saturated carbocycles. The molecule has 0 aromatic heterocycles. The Labute approximate surface area is 492 Å². The molecule has 11 heteroatoms. The van der Waals surface area contributed by atoms with E-state index in [9.17, 15) is 40.5 Å². The number of ether oxygens (including phenoxy) is 2. The van der Waals surface area contributed by atoms with Crippen LogP contribution in [-0.4, -0.2) is 110 Å². The lowest BCUT2D eigenvalue weighted by Gasteiger charge is -2.40. The van der Waals surface area contributed by atoms with Crippen LogP contribution in [0.5, 0.6) is 0 Å². The van der Waals surface area contributed by atoms with Crippen LogP contribution >= 0.6 is 0 Å². The molecule has 1 aliphatic rings. The maximum Gasteiger partial charge on any atom is 0.249 e. The second kappa shape index (κ2) is 57.7. The molecule has 11 nitrogen and oxygen atoms in total. The van der Waals surface area contributed by atoms with E-state index in [1.165, 1.54) is 244 Å². The van der Waals surface area contributed by atoms with Crippen LogP contribution in [0.25, 0.3) is 0 Å². The molecule has 1 fully saturated rings. The predicted molar refractivity (Wildman–Crippen MR) is 335 cm³/mol. The summed E-state index contributed by atoms with van der Waals surface area (Å²) in [5.74, 6) is -0.707. The molecule has 0 spiro atoms. The van der Waals surface area contributed by atoms with Gasteiger partial charge in [0.25, 0.3) is 0 Å². The highest BCUT2D eigenvalue weighted by atomic mass is 16.7. The first-order valence-electron chi connectivity index (χ1n) is 34.4. The summed E-state index contributed by atoms with van der Waals surface area (Å²) >= 11 is 0. The van der Waals surface area contributed by atoms with E-state index in [0.29, 0.717) is 19.3 Å². The van der Waals surface area contributed by atoms with Gasteiger partial charge in [0.15, 0.2) is 6.29 Å². The minimum absolute atomic E-state index is 0.247. The molecule has 1 heterocycles.